The van der Waals surface area contributed by atoms with Crippen molar-refractivity contribution in [2.45, 2.75) is 20.4 Å². The summed E-state index contributed by atoms with van der Waals surface area (Å²) in [6, 6.07) is 18.6. The van der Waals surface area contributed by atoms with Crippen LogP contribution in [0.2, 0.25) is 0 Å². The number of nitrogens with one attached hydrogen (secondary N) is 2. The van der Waals surface area contributed by atoms with Crippen LogP contribution < -0.4 is 15.4 Å². The van der Waals surface area contributed by atoms with Crippen molar-refractivity contribution in [3.05, 3.63) is 96.2 Å². The summed E-state index contributed by atoms with van der Waals surface area (Å²) in [5, 5.41) is 6.17. The van der Waals surface area contributed by atoms with Crippen LogP contribution in [0.4, 0.5) is 11.5 Å². The number of aryl methyl sites for hydroxylation is 2. The van der Waals surface area contributed by atoms with Crippen molar-refractivity contribution in [2.24, 2.45) is 0 Å². The van der Waals surface area contributed by atoms with Crippen LogP contribution in [-0.4, -0.2) is 27.0 Å². The van der Waals surface area contributed by atoms with Crippen LogP contribution in [0.5, 0.6) is 11.5 Å². The van der Waals surface area contributed by atoms with E-state index < -0.39 is 0 Å². The molecule has 0 aliphatic rings. The Morgan fingerprint density at radius 2 is 1.81 bits per heavy atom. The largest absolute Gasteiger partial charge is 0.455 e. The number of pyridine rings is 2. The molecule has 162 valence electrons. The number of anilines is 2. The Hall–Kier alpha value is -4.13. The van der Waals surface area contributed by atoms with Gasteiger partial charge in [-0.3, -0.25) is 9.78 Å². The monoisotopic (exact) mass is 427 g/mol. The predicted octanol–water partition coefficient (Wildman–Crippen LogP) is 4.86. The number of carbonyl (C=O) groups excluding carboxylic acids is 1. The zero-order valence-corrected chi connectivity index (χ0v) is 18.1. The second-order valence-electron chi connectivity index (χ2n) is 7.39. The summed E-state index contributed by atoms with van der Waals surface area (Å²) in [6.07, 6.45) is 5.63. The lowest BCUT2D eigenvalue weighted by Crippen LogP contribution is -2.26. The van der Waals surface area contributed by atoms with Gasteiger partial charge in [-0.25, -0.2) is 4.98 Å². The summed E-state index contributed by atoms with van der Waals surface area (Å²) >= 11 is 0. The second-order valence-corrected chi connectivity index (χ2v) is 7.39. The van der Waals surface area contributed by atoms with Crippen molar-refractivity contribution in [1.29, 1.82) is 0 Å². The van der Waals surface area contributed by atoms with Crippen LogP contribution in [0, 0.1) is 13.8 Å². The van der Waals surface area contributed by atoms with Crippen molar-refractivity contribution < 1.29 is 9.53 Å². The molecule has 0 saturated carbocycles. The van der Waals surface area contributed by atoms with E-state index in [9.17, 15) is 4.79 Å². The average molecular weight is 428 g/mol. The van der Waals surface area contributed by atoms with E-state index in [1.807, 2.05) is 73.3 Å². The number of benzene rings is 1. The van der Waals surface area contributed by atoms with Crippen LogP contribution >= 0.6 is 0 Å². The maximum absolute atomic E-state index is 12.3. The molecule has 0 spiro atoms. The first-order valence-corrected chi connectivity index (χ1v) is 10.4. The minimum atomic E-state index is -0.0979. The molecular formula is C25H25N5O2. The standard InChI is InChI=1S/C25H25N5O2/c1-18-5-10-23(19(2)28-18)32-22-11-12-26-24(17-22)29-21-8-6-20(7-9-21)25(31)27-13-16-30-14-3-4-15-30/h3-12,14-15,17H,13,16H2,1-2H3,(H,26,29)(H,27,31). The summed E-state index contributed by atoms with van der Waals surface area (Å²) < 4.78 is 7.98. The predicted molar refractivity (Wildman–Crippen MR) is 125 cm³/mol. The van der Waals surface area contributed by atoms with Crippen molar-refractivity contribution in [3.8, 4) is 11.5 Å². The number of ether oxygens (including phenoxy) is 1. The maximum Gasteiger partial charge on any atom is 0.251 e. The Bertz CT molecular complexity index is 1190. The zero-order valence-electron chi connectivity index (χ0n) is 18.1. The topological polar surface area (TPSA) is 81.1 Å². The van der Waals surface area contributed by atoms with Crippen molar-refractivity contribution in [1.82, 2.24) is 19.9 Å². The molecule has 0 aliphatic carbocycles. The fraction of sp³-hybridized carbons (Fsp3) is 0.160. The Labute approximate surface area is 187 Å². The second kappa shape index (κ2) is 9.78. The first kappa shape index (κ1) is 21.1. The fourth-order valence-electron chi connectivity index (χ4n) is 3.22. The lowest BCUT2D eigenvalue weighted by atomic mass is 10.2. The van der Waals surface area contributed by atoms with Crippen molar-refractivity contribution in [2.75, 3.05) is 11.9 Å². The molecule has 32 heavy (non-hydrogen) atoms. The summed E-state index contributed by atoms with van der Waals surface area (Å²) in [5.41, 5.74) is 3.21. The number of hydrogen-bond acceptors (Lipinski definition) is 5. The lowest BCUT2D eigenvalue weighted by Gasteiger charge is -2.11. The third-order valence-corrected chi connectivity index (χ3v) is 4.88. The van der Waals surface area contributed by atoms with Crippen LogP contribution in [-0.2, 0) is 6.54 Å². The van der Waals surface area contributed by atoms with E-state index >= 15 is 0 Å². The molecule has 0 aliphatic heterocycles. The van der Waals surface area contributed by atoms with Gasteiger partial charge in [-0.05, 0) is 68.4 Å². The third-order valence-electron chi connectivity index (χ3n) is 4.88. The highest BCUT2D eigenvalue weighted by molar-refractivity contribution is 5.94. The van der Waals surface area contributed by atoms with Gasteiger partial charge in [0.05, 0.1) is 5.69 Å². The van der Waals surface area contributed by atoms with Crippen molar-refractivity contribution >= 4 is 17.4 Å². The molecule has 0 atom stereocenters. The molecular weight excluding hydrogens is 402 g/mol. The summed E-state index contributed by atoms with van der Waals surface area (Å²) in [5.74, 6) is 1.92. The molecule has 7 nitrogen and oxygen atoms in total. The summed E-state index contributed by atoms with van der Waals surface area (Å²) in [4.78, 5) is 21.1. The Balaban J connectivity index is 1.34. The number of nitrogens with zero attached hydrogens (tertiary/aromatic N) is 3. The van der Waals surface area contributed by atoms with Gasteiger partial charge in [-0.1, -0.05) is 0 Å². The average Bonchev–Trinajstić information content (AvgIpc) is 3.30. The van der Waals surface area contributed by atoms with Gasteiger partial charge in [-0.15, -0.1) is 0 Å². The quantitative estimate of drug-likeness (QED) is 0.420. The van der Waals surface area contributed by atoms with E-state index in [2.05, 4.69) is 20.6 Å². The zero-order chi connectivity index (χ0) is 22.3. The minimum Gasteiger partial charge on any atom is -0.455 e. The van der Waals surface area contributed by atoms with Gasteiger partial charge in [0, 0.05) is 54.7 Å². The molecule has 3 heterocycles. The number of amides is 1. The summed E-state index contributed by atoms with van der Waals surface area (Å²) in [6.45, 7) is 5.17. The van der Waals surface area contributed by atoms with E-state index in [0.29, 0.717) is 29.4 Å². The highest BCUT2D eigenvalue weighted by atomic mass is 16.5. The van der Waals surface area contributed by atoms with Gasteiger partial charge in [0.2, 0.25) is 0 Å². The molecule has 1 aromatic carbocycles. The van der Waals surface area contributed by atoms with Gasteiger partial charge >= 0.3 is 0 Å². The Kier molecular flexibility index (Phi) is 6.46. The maximum atomic E-state index is 12.3. The van der Waals surface area contributed by atoms with Gasteiger partial charge < -0.3 is 19.9 Å². The van der Waals surface area contributed by atoms with Gasteiger partial charge in [0.1, 0.15) is 17.3 Å². The van der Waals surface area contributed by atoms with Crippen LogP contribution in [0.1, 0.15) is 21.7 Å². The SMILES string of the molecule is Cc1ccc(Oc2ccnc(Nc3ccc(C(=O)NCCn4cccc4)cc3)c2)c(C)n1. The van der Waals surface area contributed by atoms with Gasteiger partial charge in [0.25, 0.3) is 5.91 Å². The molecule has 4 aromatic rings. The van der Waals surface area contributed by atoms with E-state index in [0.717, 1.165) is 23.6 Å². The van der Waals surface area contributed by atoms with E-state index in [-0.39, 0.29) is 5.91 Å². The normalized spacial score (nSPS) is 10.6. The third kappa shape index (κ3) is 5.51. The molecule has 4 rings (SSSR count). The molecule has 0 unspecified atom stereocenters. The molecule has 0 bridgehead atoms. The molecule has 0 saturated heterocycles. The molecule has 0 fully saturated rings. The smallest absolute Gasteiger partial charge is 0.251 e. The molecule has 0 radical (unpaired) electrons. The Morgan fingerprint density at radius 3 is 2.56 bits per heavy atom. The highest BCUT2D eigenvalue weighted by Crippen LogP contribution is 2.26. The Morgan fingerprint density at radius 1 is 1.03 bits per heavy atom. The van der Waals surface area contributed by atoms with E-state index in [4.69, 9.17) is 4.74 Å². The van der Waals surface area contributed by atoms with E-state index in [1.54, 1.807) is 24.4 Å². The number of aromatic nitrogens is 3. The fourth-order valence-corrected chi connectivity index (χ4v) is 3.22. The van der Waals surface area contributed by atoms with E-state index in [1.165, 1.54) is 0 Å². The molecule has 7 heteroatoms. The summed E-state index contributed by atoms with van der Waals surface area (Å²) in [7, 11) is 0. The van der Waals surface area contributed by atoms with Gasteiger partial charge in [-0.2, -0.15) is 0 Å². The molecule has 2 N–H and O–H groups in total. The first-order valence-electron chi connectivity index (χ1n) is 10.4. The number of carbonyl (C=O) groups is 1. The minimum absolute atomic E-state index is 0.0979. The number of hydrogen-bond donors (Lipinski definition) is 2. The highest BCUT2D eigenvalue weighted by Gasteiger charge is 2.07. The molecule has 1 amide bonds. The van der Waals surface area contributed by atoms with Crippen LogP contribution in [0.15, 0.2) is 79.3 Å². The first-order chi connectivity index (χ1) is 15.6. The van der Waals surface area contributed by atoms with Crippen LogP contribution in [0.25, 0.3) is 0 Å². The molecule has 3 aromatic heterocycles. The van der Waals surface area contributed by atoms with Gasteiger partial charge in [0.15, 0.2) is 0 Å². The lowest BCUT2D eigenvalue weighted by molar-refractivity contribution is 0.0952. The number of rotatable bonds is 8. The van der Waals surface area contributed by atoms with Crippen LogP contribution in [0.3, 0.4) is 0 Å². The van der Waals surface area contributed by atoms with Crippen molar-refractivity contribution in [3.63, 3.8) is 0 Å².